The van der Waals surface area contributed by atoms with Crippen LogP contribution < -0.4 is 10.1 Å². The third-order valence-electron chi connectivity index (χ3n) is 3.37. The lowest BCUT2D eigenvalue weighted by Crippen LogP contribution is -2.44. The van der Waals surface area contributed by atoms with Crippen LogP contribution in [0.1, 0.15) is 44.1 Å². The molecule has 1 aromatic rings. The SMILES string of the molecule is COC(=O)[C@H](CCCc1sc(B(O)O)cc1C)NC(=O)OC(C)(C)C. The standard InChI is InChI=1S/C16H26BNO6S/c1-10-9-13(17(21)22)25-12(10)8-6-7-11(14(19)23-5)18-15(20)24-16(2,3)4/h9,11,21-22H,6-8H2,1-5H3,(H,18,20)/t11-/m0/s1. The van der Waals surface area contributed by atoms with Crippen LogP contribution in [0, 0.1) is 6.92 Å². The molecule has 9 heteroatoms. The number of hydrogen-bond donors (Lipinski definition) is 3. The van der Waals surface area contributed by atoms with Gasteiger partial charge in [0.15, 0.2) is 0 Å². The Morgan fingerprint density at radius 1 is 1.36 bits per heavy atom. The summed E-state index contributed by atoms with van der Waals surface area (Å²) in [4.78, 5) is 24.7. The van der Waals surface area contributed by atoms with E-state index in [4.69, 9.17) is 9.47 Å². The van der Waals surface area contributed by atoms with E-state index < -0.39 is 30.8 Å². The summed E-state index contributed by atoms with van der Waals surface area (Å²) in [5.74, 6) is -0.528. The van der Waals surface area contributed by atoms with Gasteiger partial charge in [0.1, 0.15) is 11.6 Å². The third-order valence-corrected chi connectivity index (χ3v) is 4.70. The van der Waals surface area contributed by atoms with Crippen LogP contribution in [0.15, 0.2) is 6.07 Å². The highest BCUT2D eigenvalue weighted by Crippen LogP contribution is 2.18. The fourth-order valence-corrected chi connectivity index (χ4v) is 3.32. The van der Waals surface area contributed by atoms with E-state index in [0.717, 1.165) is 10.4 Å². The maximum absolute atomic E-state index is 11.9. The Morgan fingerprint density at radius 2 is 2.00 bits per heavy atom. The average molecular weight is 371 g/mol. The summed E-state index contributed by atoms with van der Waals surface area (Å²) in [6.45, 7) is 7.12. The van der Waals surface area contributed by atoms with Gasteiger partial charge in [-0.1, -0.05) is 0 Å². The molecule has 1 heterocycles. The molecule has 0 unspecified atom stereocenters. The summed E-state index contributed by atoms with van der Waals surface area (Å²) in [6, 6.07) is 0.949. The lowest BCUT2D eigenvalue weighted by atomic mass is 9.89. The van der Waals surface area contributed by atoms with Crippen molar-refractivity contribution in [2.75, 3.05) is 7.11 Å². The maximum Gasteiger partial charge on any atom is 0.499 e. The molecule has 0 aliphatic rings. The molecule has 1 aromatic heterocycles. The first-order valence-electron chi connectivity index (χ1n) is 8.06. The van der Waals surface area contributed by atoms with Gasteiger partial charge in [-0.15, -0.1) is 11.3 Å². The van der Waals surface area contributed by atoms with Crippen molar-refractivity contribution in [2.45, 2.75) is 58.6 Å². The summed E-state index contributed by atoms with van der Waals surface area (Å²) in [5.41, 5.74) is 0.322. The summed E-state index contributed by atoms with van der Waals surface area (Å²) < 4.78 is 10.4. The molecule has 25 heavy (non-hydrogen) atoms. The number of ether oxygens (including phenoxy) is 2. The number of alkyl carbamates (subject to hydrolysis) is 1. The minimum absolute atomic E-state index is 0.389. The number of carbonyl (C=O) groups excluding carboxylic acids is 2. The van der Waals surface area contributed by atoms with Crippen LogP contribution in [-0.4, -0.2) is 48.0 Å². The number of carbonyl (C=O) groups is 2. The topological polar surface area (TPSA) is 105 Å². The zero-order valence-electron chi connectivity index (χ0n) is 15.3. The van der Waals surface area contributed by atoms with Crippen molar-refractivity contribution in [1.82, 2.24) is 5.32 Å². The fraction of sp³-hybridized carbons (Fsp3) is 0.625. The van der Waals surface area contributed by atoms with Gasteiger partial charge >= 0.3 is 19.2 Å². The summed E-state index contributed by atoms with van der Waals surface area (Å²) in [6.07, 6.45) is 1.01. The van der Waals surface area contributed by atoms with Gasteiger partial charge in [0.05, 0.1) is 7.11 Å². The number of esters is 1. The van der Waals surface area contributed by atoms with Crippen LogP contribution in [0.25, 0.3) is 0 Å². The maximum atomic E-state index is 11.9. The van der Waals surface area contributed by atoms with Gasteiger partial charge in [-0.2, -0.15) is 0 Å². The second-order valence-corrected chi connectivity index (χ2v) is 7.91. The molecule has 0 saturated carbocycles. The number of aryl methyl sites for hydroxylation is 2. The Balaban J connectivity index is 2.62. The molecule has 1 amide bonds. The highest BCUT2D eigenvalue weighted by atomic mass is 32.1. The van der Waals surface area contributed by atoms with Crippen molar-refractivity contribution in [2.24, 2.45) is 0 Å². The number of methoxy groups -OCH3 is 1. The van der Waals surface area contributed by atoms with E-state index in [1.54, 1.807) is 26.8 Å². The summed E-state index contributed by atoms with van der Waals surface area (Å²) >= 11 is 1.33. The van der Waals surface area contributed by atoms with Crippen molar-refractivity contribution in [3.63, 3.8) is 0 Å². The van der Waals surface area contributed by atoms with Crippen LogP contribution >= 0.6 is 11.3 Å². The molecule has 1 rings (SSSR count). The van der Waals surface area contributed by atoms with Crippen molar-refractivity contribution in [3.05, 3.63) is 16.5 Å². The van der Waals surface area contributed by atoms with E-state index >= 15 is 0 Å². The van der Waals surface area contributed by atoms with Crippen LogP contribution in [0.2, 0.25) is 0 Å². The van der Waals surface area contributed by atoms with E-state index in [9.17, 15) is 19.6 Å². The molecule has 1 atom stereocenters. The Labute approximate surface area is 152 Å². The zero-order valence-corrected chi connectivity index (χ0v) is 16.1. The monoisotopic (exact) mass is 371 g/mol. The van der Waals surface area contributed by atoms with Gasteiger partial charge in [-0.05, 0) is 58.6 Å². The Kier molecular flexibility index (Phi) is 7.91. The molecule has 0 aromatic carbocycles. The van der Waals surface area contributed by atoms with E-state index in [2.05, 4.69) is 5.32 Å². The van der Waals surface area contributed by atoms with E-state index in [1.807, 2.05) is 6.92 Å². The number of rotatable bonds is 7. The largest absolute Gasteiger partial charge is 0.499 e. The van der Waals surface area contributed by atoms with Crippen LogP contribution in [0.3, 0.4) is 0 Å². The van der Waals surface area contributed by atoms with Crippen LogP contribution in [0.4, 0.5) is 4.79 Å². The molecule has 0 bridgehead atoms. The quantitative estimate of drug-likeness (QED) is 0.490. The second kappa shape index (κ2) is 9.21. The van der Waals surface area contributed by atoms with Gasteiger partial charge in [-0.3, -0.25) is 0 Å². The zero-order chi connectivity index (χ0) is 19.2. The van der Waals surface area contributed by atoms with Crippen molar-refractivity contribution in [3.8, 4) is 0 Å². The number of nitrogens with one attached hydrogen (secondary N) is 1. The van der Waals surface area contributed by atoms with Crippen LogP contribution in [0.5, 0.6) is 0 Å². The van der Waals surface area contributed by atoms with Gasteiger partial charge in [0.2, 0.25) is 0 Å². The highest BCUT2D eigenvalue weighted by molar-refractivity contribution is 7.22. The fourth-order valence-electron chi connectivity index (χ4n) is 2.23. The average Bonchev–Trinajstić information content (AvgIpc) is 2.85. The highest BCUT2D eigenvalue weighted by Gasteiger charge is 2.25. The first kappa shape index (κ1) is 21.5. The first-order valence-corrected chi connectivity index (χ1v) is 8.88. The number of thiophene rings is 1. The molecular formula is C16H26BNO6S. The van der Waals surface area contributed by atoms with Crippen LogP contribution in [-0.2, 0) is 20.7 Å². The molecule has 0 radical (unpaired) electrons. The molecular weight excluding hydrogens is 345 g/mol. The molecule has 0 spiro atoms. The van der Waals surface area contributed by atoms with Gasteiger partial charge in [0, 0.05) is 9.65 Å². The van der Waals surface area contributed by atoms with Gasteiger partial charge in [0.25, 0.3) is 0 Å². The second-order valence-electron chi connectivity index (χ2n) is 6.74. The van der Waals surface area contributed by atoms with E-state index in [-0.39, 0.29) is 0 Å². The smallest absolute Gasteiger partial charge is 0.467 e. The molecule has 140 valence electrons. The van der Waals surface area contributed by atoms with E-state index in [1.165, 1.54) is 18.4 Å². The predicted octanol–water partition coefficient (Wildman–Crippen LogP) is 1.13. The lowest BCUT2D eigenvalue weighted by molar-refractivity contribution is -0.143. The van der Waals surface area contributed by atoms with Crippen molar-refractivity contribution in [1.29, 1.82) is 0 Å². The number of hydrogen-bond acceptors (Lipinski definition) is 7. The minimum atomic E-state index is -1.48. The Morgan fingerprint density at radius 3 is 2.48 bits per heavy atom. The van der Waals surface area contributed by atoms with Gasteiger partial charge in [-0.25, -0.2) is 9.59 Å². The molecule has 0 aliphatic heterocycles. The Bertz CT molecular complexity index is 596. The van der Waals surface area contributed by atoms with Gasteiger partial charge < -0.3 is 24.8 Å². The third kappa shape index (κ3) is 7.45. The summed E-state index contributed by atoms with van der Waals surface area (Å²) in [7, 11) is -0.209. The molecule has 7 nitrogen and oxygen atoms in total. The normalized spacial score (nSPS) is 12.4. The van der Waals surface area contributed by atoms with Crippen molar-refractivity contribution >= 4 is 35.3 Å². The molecule has 0 saturated heterocycles. The Hall–Kier alpha value is -1.58. The lowest BCUT2D eigenvalue weighted by Gasteiger charge is -2.22. The van der Waals surface area contributed by atoms with E-state index in [0.29, 0.717) is 24.0 Å². The predicted molar refractivity (Wildman–Crippen MR) is 97.0 cm³/mol. The molecule has 0 aliphatic carbocycles. The minimum Gasteiger partial charge on any atom is -0.467 e. The molecule has 3 N–H and O–H groups in total. The van der Waals surface area contributed by atoms with Crippen molar-refractivity contribution < 1.29 is 29.1 Å². The summed E-state index contributed by atoms with van der Waals surface area (Å²) in [5, 5.41) is 21.0. The first-order chi connectivity index (χ1) is 11.5. The number of amides is 1. The molecule has 0 fully saturated rings.